The van der Waals surface area contributed by atoms with E-state index in [-0.39, 0.29) is 43.2 Å². The van der Waals surface area contributed by atoms with E-state index in [0.29, 0.717) is 0 Å². The first-order valence-electron chi connectivity index (χ1n) is 8.98. The molecule has 0 spiro atoms. The summed E-state index contributed by atoms with van der Waals surface area (Å²) in [5, 5.41) is 29.8. The van der Waals surface area contributed by atoms with Crippen molar-refractivity contribution in [1.82, 2.24) is 4.90 Å². The van der Waals surface area contributed by atoms with Gasteiger partial charge in [-0.3, -0.25) is 10.1 Å². The molecule has 0 aliphatic carbocycles. The van der Waals surface area contributed by atoms with Crippen LogP contribution in [0.5, 0.6) is 0 Å². The zero-order valence-electron chi connectivity index (χ0n) is 15.5. The number of unbranched alkanes of at least 4 members (excludes halogenated alkanes) is 2. The maximum atomic E-state index is 12.2. The first-order valence-corrected chi connectivity index (χ1v) is 8.98. The van der Waals surface area contributed by atoms with Gasteiger partial charge in [-0.2, -0.15) is 5.26 Å². The van der Waals surface area contributed by atoms with Gasteiger partial charge in [-0.05, 0) is 12.5 Å². The van der Waals surface area contributed by atoms with E-state index in [2.05, 4.69) is 0 Å². The molecule has 0 saturated carbocycles. The van der Waals surface area contributed by atoms with E-state index in [4.69, 9.17) is 4.74 Å². The maximum absolute atomic E-state index is 12.2. The molecule has 1 atom stereocenters. The Morgan fingerprint density at radius 2 is 2.14 bits per heavy atom. The molecule has 1 unspecified atom stereocenters. The molecule has 0 aromatic heterocycles. The van der Waals surface area contributed by atoms with Gasteiger partial charge in [-0.25, -0.2) is 9.59 Å². The van der Waals surface area contributed by atoms with Gasteiger partial charge in [0.2, 0.25) is 0 Å². The van der Waals surface area contributed by atoms with Gasteiger partial charge in [0.1, 0.15) is 12.1 Å². The molecule has 0 radical (unpaired) electrons. The van der Waals surface area contributed by atoms with Gasteiger partial charge < -0.3 is 19.6 Å². The molecular formula is C18H22N4O6. The van der Waals surface area contributed by atoms with Gasteiger partial charge in [-0.15, -0.1) is 0 Å². The number of carboxylic acid groups (broad SMARTS) is 1. The largest absolute Gasteiger partial charge is 0.480 e. The Labute approximate surface area is 162 Å². The molecule has 150 valence electrons. The number of aliphatic carboxylic acids is 1. The van der Waals surface area contributed by atoms with Crippen LogP contribution in [0.25, 0.3) is 0 Å². The van der Waals surface area contributed by atoms with Crippen molar-refractivity contribution in [2.45, 2.75) is 32.2 Å². The second-order valence-corrected chi connectivity index (χ2v) is 6.39. The third kappa shape index (κ3) is 4.88. The first kappa shape index (κ1) is 21.0. The molecule has 1 aromatic rings. The summed E-state index contributed by atoms with van der Waals surface area (Å²) >= 11 is 0. The Morgan fingerprint density at radius 3 is 2.75 bits per heavy atom. The number of carbonyl (C=O) groups excluding carboxylic acids is 1. The quantitative estimate of drug-likeness (QED) is 0.425. The number of benzene rings is 1. The summed E-state index contributed by atoms with van der Waals surface area (Å²) in [4.78, 5) is 37.0. The Hall–Kier alpha value is -3.35. The number of nitriles is 1. The van der Waals surface area contributed by atoms with E-state index in [1.54, 1.807) is 0 Å². The number of nitrogens with zero attached hydrogens (tertiary/aromatic N) is 4. The van der Waals surface area contributed by atoms with Crippen molar-refractivity contribution in [1.29, 1.82) is 5.26 Å². The van der Waals surface area contributed by atoms with Crippen molar-refractivity contribution in [3.05, 3.63) is 33.9 Å². The van der Waals surface area contributed by atoms with Gasteiger partial charge in [0.25, 0.3) is 5.69 Å². The molecule has 28 heavy (non-hydrogen) atoms. The summed E-state index contributed by atoms with van der Waals surface area (Å²) in [5.41, 5.74) is 0.0500. The Morgan fingerprint density at radius 1 is 1.39 bits per heavy atom. The molecule has 1 N–H and O–H groups in total. The minimum Gasteiger partial charge on any atom is -0.480 e. The summed E-state index contributed by atoms with van der Waals surface area (Å²) in [6.07, 6.45) is 2.12. The van der Waals surface area contributed by atoms with Crippen LogP contribution in [0, 0.1) is 21.4 Å². The number of nitro benzene ring substituents is 1. The van der Waals surface area contributed by atoms with Crippen molar-refractivity contribution >= 4 is 23.4 Å². The van der Waals surface area contributed by atoms with E-state index >= 15 is 0 Å². The third-order valence-electron chi connectivity index (χ3n) is 4.52. The molecule has 10 nitrogen and oxygen atoms in total. The number of amides is 1. The number of anilines is 1. The number of hydrogen-bond acceptors (Lipinski definition) is 7. The summed E-state index contributed by atoms with van der Waals surface area (Å²) < 4.78 is 5.19. The standard InChI is InChI=1S/C18H22N4O6/c1-2-3-4-9-28-18(25)20-7-8-21(16(12-20)17(23)24)15-6-5-14(22(26)27)10-13(15)11-19/h5-6,10,16H,2-4,7-9,12H2,1H3,(H,23,24). The van der Waals surface area contributed by atoms with Crippen molar-refractivity contribution in [3.63, 3.8) is 0 Å². The van der Waals surface area contributed by atoms with E-state index in [1.165, 1.54) is 21.9 Å². The monoisotopic (exact) mass is 390 g/mol. The predicted octanol–water partition coefficient (Wildman–Crippen LogP) is 2.37. The van der Waals surface area contributed by atoms with E-state index < -0.39 is 23.0 Å². The highest BCUT2D eigenvalue weighted by Gasteiger charge is 2.36. The lowest BCUT2D eigenvalue weighted by atomic mass is 10.1. The van der Waals surface area contributed by atoms with Gasteiger partial charge in [-0.1, -0.05) is 19.8 Å². The highest BCUT2D eigenvalue weighted by molar-refractivity contribution is 5.81. The number of nitro groups is 1. The SMILES string of the molecule is CCCCCOC(=O)N1CCN(c2ccc([N+](=O)[O-])cc2C#N)C(C(=O)O)C1. The smallest absolute Gasteiger partial charge is 0.409 e. The van der Waals surface area contributed by atoms with Crippen LogP contribution in [-0.2, 0) is 9.53 Å². The number of ether oxygens (including phenoxy) is 1. The van der Waals surface area contributed by atoms with E-state index in [0.717, 1.165) is 25.3 Å². The van der Waals surface area contributed by atoms with Gasteiger partial charge >= 0.3 is 12.1 Å². The maximum Gasteiger partial charge on any atom is 0.409 e. The van der Waals surface area contributed by atoms with Crippen LogP contribution in [0.4, 0.5) is 16.2 Å². The highest BCUT2D eigenvalue weighted by atomic mass is 16.6. The fourth-order valence-corrected chi connectivity index (χ4v) is 3.03. The normalized spacial score (nSPS) is 16.4. The second-order valence-electron chi connectivity index (χ2n) is 6.39. The minimum atomic E-state index is -1.16. The molecule has 1 saturated heterocycles. The number of rotatable bonds is 7. The molecule has 1 aliphatic heterocycles. The summed E-state index contributed by atoms with van der Waals surface area (Å²) in [6, 6.07) is 4.49. The van der Waals surface area contributed by atoms with Crippen molar-refractivity contribution < 1.29 is 24.4 Å². The molecule has 1 amide bonds. The molecular weight excluding hydrogens is 368 g/mol. The van der Waals surface area contributed by atoms with E-state index in [9.17, 15) is 30.1 Å². The zero-order chi connectivity index (χ0) is 20.7. The van der Waals surface area contributed by atoms with Crippen LogP contribution >= 0.6 is 0 Å². The Bertz CT molecular complexity index is 791. The number of hydrogen-bond donors (Lipinski definition) is 1. The summed E-state index contributed by atoms with van der Waals surface area (Å²) in [5.74, 6) is -1.16. The highest BCUT2D eigenvalue weighted by Crippen LogP contribution is 2.28. The fraction of sp³-hybridized carbons (Fsp3) is 0.500. The van der Waals surface area contributed by atoms with Crippen LogP contribution in [0.1, 0.15) is 31.7 Å². The van der Waals surface area contributed by atoms with Crippen LogP contribution in [0.3, 0.4) is 0 Å². The lowest BCUT2D eigenvalue weighted by Gasteiger charge is -2.40. The topological polar surface area (TPSA) is 137 Å². The van der Waals surface area contributed by atoms with Crippen molar-refractivity contribution in [2.24, 2.45) is 0 Å². The molecule has 1 heterocycles. The minimum absolute atomic E-state index is 0.0102. The summed E-state index contributed by atoms with van der Waals surface area (Å²) in [7, 11) is 0. The average molecular weight is 390 g/mol. The van der Waals surface area contributed by atoms with Crippen molar-refractivity contribution in [2.75, 3.05) is 31.1 Å². The van der Waals surface area contributed by atoms with Crippen LogP contribution < -0.4 is 4.90 Å². The molecule has 1 aromatic carbocycles. The fourth-order valence-electron chi connectivity index (χ4n) is 3.03. The zero-order valence-corrected chi connectivity index (χ0v) is 15.5. The predicted molar refractivity (Wildman–Crippen MR) is 99.0 cm³/mol. The van der Waals surface area contributed by atoms with Gasteiger partial charge in [0.15, 0.2) is 0 Å². The molecule has 2 rings (SSSR count). The number of carboxylic acids is 1. The third-order valence-corrected chi connectivity index (χ3v) is 4.52. The molecule has 10 heteroatoms. The lowest BCUT2D eigenvalue weighted by Crippen LogP contribution is -2.58. The van der Waals surface area contributed by atoms with Crippen LogP contribution in [0.2, 0.25) is 0 Å². The van der Waals surface area contributed by atoms with Crippen LogP contribution in [0.15, 0.2) is 18.2 Å². The van der Waals surface area contributed by atoms with E-state index in [1.807, 2.05) is 13.0 Å². The van der Waals surface area contributed by atoms with Crippen LogP contribution in [-0.4, -0.2) is 59.3 Å². The molecule has 1 aliphatic rings. The Kier molecular flexibility index (Phi) is 7.14. The average Bonchev–Trinajstić information content (AvgIpc) is 2.70. The summed E-state index contributed by atoms with van der Waals surface area (Å²) in [6.45, 7) is 2.59. The second kappa shape index (κ2) is 9.55. The van der Waals surface area contributed by atoms with Crippen molar-refractivity contribution in [3.8, 4) is 6.07 Å². The van der Waals surface area contributed by atoms with Gasteiger partial charge in [0, 0.05) is 25.2 Å². The first-order chi connectivity index (χ1) is 13.4. The lowest BCUT2D eigenvalue weighted by molar-refractivity contribution is -0.384. The number of piperazine rings is 1. The molecule has 1 fully saturated rings. The number of non-ortho nitro benzene ring substituents is 1. The van der Waals surface area contributed by atoms with Gasteiger partial charge in [0.05, 0.1) is 29.3 Å². The Balaban J connectivity index is 2.16. The number of carbonyl (C=O) groups is 2. The molecule has 0 bridgehead atoms.